The van der Waals surface area contributed by atoms with Crippen molar-refractivity contribution in [1.29, 1.82) is 0 Å². The average Bonchev–Trinajstić information content (AvgIpc) is 2.53. The predicted octanol–water partition coefficient (Wildman–Crippen LogP) is 3.31. The first-order valence-corrected chi connectivity index (χ1v) is 7.73. The molecule has 1 aliphatic rings. The first kappa shape index (κ1) is 16.5. The maximum atomic E-state index is 5.44. The lowest BCUT2D eigenvalue weighted by Gasteiger charge is -2.36. The van der Waals surface area contributed by atoms with Gasteiger partial charge in [0, 0.05) is 23.7 Å². The fourth-order valence-corrected chi connectivity index (χ4v) is 2.92. The van der Waals surface area contributed by atoms with Crippen LogP contribution in [-0.2, 0) is 0 Å². The third-order valence-electron chi connectivity index (χ3n) is 4.21. The molecule has 0 saturated carbocycles. The molecule has 2 atom stereocenters. The monoisotopic (exact) mass is 306 g/mol. The summed E-state index contributed by atoms with van der Waals surface area (Å²) in [6.45, 7) is 4.44. The molecule has 0 bridgehead atoms. The fourth-order valence-electron chi connectivity index (χ4n) is 2.92. The van der Waals surface area contributed by atoms with Crippen LogP contribution >= 0.6 is 0 Å². The van der Waals surface area contributed by atoms with Gasteiger partial charge in [-0.3, -0.25) is 5.01 Å². The van der Waals surface area contributed by atoms with Crippen molar-refractivity contribution in [3.63, 3.8) is 0 Å². The van der Waals surface area contributed by atoms with Crippen LogP contribution in [-0.4, -0.2) is 44.6 Å². The van der Waals surface area contributed by atoms with Gasteiger partial charge in [0.05, 0.1) is 27.5 Å². The van der Waals surface area contributed by atoms with E-state index < -0.39 is 0 Å². The van der Waals surface area contributed by atoms with Crippen LogP contribution in [0.5, 0.6) is 17.2 Å². The summed E-state index contributed by atoms with van der Waals surface area (Å²) in [5.74, 6) is 2.04. The third-order valence-corrected chi connectivity index (χ3v) is 4.21. The Kier molecular flexibility index (Phi) is 5.52. The molecule has 0 N–H and O–H groups in total. The van der Waals surface area contributed by atoms with Gasteiger partial charge in [0.1, 0.15) is 5.75 Å². The van der Waals surface area contributed by atoms with Crippen LogP contribution < -0.4 is 14.2 Å². The van der Waals surface area contributed by atoms with Crippen molar-refractivity contribution in [2.45, 2.75) is 45.2 Å². The Balaban J connectivity index is 2.29. The van der Waals surface area contributed by atoms with Gasteiger partial charge in [0.2, 0.25) is 0 Å². The SMILES string of the molecule is COc1cc(OC)c(OC)cc1/C=N\N1[C@@H](C)CCC[C@@H]1C. The zero-order valence-electron chi connectivity index (χ0n) is 14.1. The molecule has 1 heterocycles. The molecule has 1 aromatic carbocycles. The van der Waals surface area contributed by atoms with E-state index in [4.69, 9.17) is 14.2 Å². The summed E-state index contributed by atoms with van der Waals surface area (Å²) in [5, 5.41) is 6.87. The molecule has 0 radical (unpaired) electrons. The van der Waals surface area contributed by atoms with Gasteiger partial charge in [-0.15, -0.1) is 0 Å². The lowest BCUT2D eigenvalue weighted by molar-refractivity contribution is 0.109. The van der Waals surface area contributed by atoms with E-state index in [1.807, 2.05) is 18.3 Å². The smallest absolute Gasteiger partial charge is 0.164 e. The van der Waals surface area contributed by atoms with Gasteiger partial charge in [-0.25, -0.2) is 0 Å². The van der Waals surface area contributed by atoms with Crippen molar-refractivity contribution in [3.05, 3.63) is 17.7 Å². The molecular formula is C17H26N2O3. The summed E-state index contributed by atoms with van der Waals surface area (Å²) in [7, 11) is 4.88. The summed E-state index contributed by atoms with van der Waals surface area (Å²) >= 11 is 0. The summed E-state index contributed by atoms with van der Waals surface area (Å²) in [6.07, 6.45) is 5.49. The molecule has 1 fully saturated rings. The Morgan fingerprint density at radius 3 is 2.05 bits per heavy atom. The standard InChI is InChI=1S/C17H26N2O3/c1-12-7-6-8-13(2)19(12)18-11-14-9-16(21-4)17(22-5)10-15(14)20-3/h9-13H,6-8H2,1-5H3/b18-11-/t12-,13-/m0/s1. The highest BCUT2D eigenvalue weighted by molar-refractivity contribution is 5.85. The number of hydrazone groups is 1. The Bertz CT molecular complexity index is 521. The number of hydrogen-bond acceptors (Lipinski definition) is 5. The quantitative estimate of drug-likeness (QED) is 0.783. The minimum absolute atomic E-state index is 0.464. The van der Waals surface area contributed by atoms with Crippen molar-refractivity contribution in [3.8, 4) is 17.2 Å². The third kappa shape index (κ3) is 3.46. The minimum atomic E-state index is 0.464. The van der Waals surface area contributed by atoms with Crippen molar-refractivity contribution in [1.82, 2.24) is 5.01 Å². The van der Waals surface area contributed by atoms with E-state index in [0.717, 1.165) is 11.3 Å². The molecule has 0 unspecified atom stereocenters. The van der Waals surface area contributed by atoms with E-state index >= 15 is 0 Å². The van der Waals surface area contributed by atoms with Gasteiger partial charge in [0.25, 0.3) is 0 Å². The zero-order chi connectivity index (χ0) is 16.1. The molecule has 0 spiro atoms. The van der Waals surface area contributed by atoms with E-state index in [1.165, 1.54) is 19.3 Å². The van der Waals surface area contributed by atoms with Crippen LogP contribution in [0.25, 0.3) is 0 Å². The molecule has 122 valence electrons. The van der Waals surface area contributed by atoms with E-state index in [2.05, 4.69) is 24.0 Å². The van der Waals surface area contributed by atoms with Crippen molar-refractivity contribution in [2.75, 3.05) is 21.3 Å². The number of piperidine rings is 1. The molecule has 1 saturated heterocycles. The van der Waals surface area contributed by atoms with Gasteiger partial charge in [0.15, 0.2) is 11.5 Å². The molecule has 1 aliphatic heterocycles. The molecule has 2 rings (SSSR count). The van der Waals surface area contributed by atoms with Crippen molar-refractivity contribution >= 4 is 6.21 Å². The van der Waals surface area contributed by atoms with Crippen LogP contribution in [0, 0.1) is 0 Å². The van der Waals surface area contributed by atoms with Gasteiger partial charge >= 0.3 is 0 Å². The normalized spacial score (nSPS) is 22.0. The van der Waals surface area contributed by atoms with Crippen molar-refractivity contribution in [2.24, 2.45) is 5.10 Å². The second-order valence-electron chi connectivity index (χ2n) is 5.70. The molecule has 5 heteroatoms. The second kappa shape index (κ2) is 7.38. The summed E-state index contributed by atoms with van der Waals surface area (Å²) < 4.78 is 16.1. The lowest BCUT2D eigenvalue weighted by Crippen LogP contribution is -2.39. The number of ether oxygens (including phenoxy) is 3. The topological polar surface area (TPSA) is 43.3 Å². The maximum Gasteiger partial charge on any atom is 0.164 e. The van der Waals surface area contributed by atoms with Crippen LogP contribution in [0.4, 0.5) is 0 Å². The molecule has 1 aromatic rings. The summed E-state index contributed by atoms with van der Waals surface area (Å²) in [5.41, 5.74) is 0.880. The Hall–Kier alpha value is -1.91. The molecule has 0 aliphatic carbocycles. The largest absolute Gasteiger partial charge is 0.496 e. The van der Waals surface area contributed by atoms with Crippen LogP contribution in [0.3, 0.4) is 0 Å². The molecule has 5 nitrogen and oxygen atoms in total. The van der Waals surface area contributed by atoms with Crippen LogP contribution in [0.15, 0.2) is 17.2 Å². The minimum Gasteiger partial charge on any atom is -0.496 e. The maximum absolute atomic E-state index is 5.44. The van der Waals surface area contributed by atoms with Crippen LogP contribution in [0.1, 0.15) is 38.7 Å². The predicted molar refractivity (Wildman–Crippen MR) is 88.3 cm³/mol. The number of nitrogens with zero attached hydrogens (tertiary/aromatic N) is 2. The number of hydrogen-bond donors (Lipinski definition) is 0. The first-order chi connectivity index (χ1) is 10.6. The lowest BCUT2D eigenvalue weighted by atomic mass is 10.00. The first-order valence-electron chi connectivity index (χ1n) is 7.73. The Labute approximate surface area is 132 Å². The highest BCUT2D eigenvalue weighted by Crippen LogP contribution is 2.34. The zero-order valence-corrected chi connectivity index (χ0v) is 14.1. The van der Waals surface area contributed by atoms with Gasteiger partial charge in [-0.1, -0.05) is 0 Å². The molecule has 0 amide bonds. The summed E-state index contributed by atoms with van der Waals surface area (Å²) in [4.78, 5) is 0. The molecule has 0 aromatic heterocycles. The van der Waals surface area contributed by atoms with Crippen LogP contribution in [0.2, 0.25) is 0 Å². The number of rotatable bonds is 5. The highest BCUT2D eigenvalue weighted by atomic mass is 16.5. The molecular weight excluding hydrogens is 280 g/mol. The van der Waals surface area contributed by atoms with E-state index in [-0.39, 0.29) is 0 Å². The van der Waals surface area contributed by atoms with E-state index in [1.54, 1.807) is 21.3 Å². The van der Waals surface area contributed by atoms with Crippen molar-refractivity contribution < 1.29 is 14.2 Å². The molecule has 22 heavy (non-hydrogen) atoms. The Morgan fingerprint density at radius 2 is 1.50 bits per heavy atom. The van der Waals surface area contributed by atoms with E-state index in [0.29, 0.717) is 23.6 Å². The number of benzene rings is 1. The average molecular weight is 306 g/mol. The highest BCUT2D eigenvalue weighted by Gasteiger charge is 2.23. The Morgan fingerprint density at radius 1 is 0.955 bits per heavy atom. The fraction of sp³-hybridized carbons (Fsp3) is 0.588. The second-order valence-corrected chi connectivity index (χ2v) is 5.70. The van der Waals surface area contributed by atoms with E-state index in [9.17, 15) is 0 Å². The van der Waals surface area contributed by atoms with Gasteiger partial charge in [-0.05, 0) is 39.2 Å². The van der Waals surface area contributed by atoms with Gasteiger partial charge in [-0.2, -0.15) is 5.10 Å². The van der Waals surface area contributed by atoms with Gasteiger partial charge < -0.3 is 14.2 Å². The number of methoxy groups -OCH3 is 3. The summed E-state index contributed by atoms with van der Waals surface area (Å²) in [6, 6.07) is 4.64.